The van der Waals surface area contributed by atoms with Crippen LogP contribution < -0.4 is 0 Å². The molecule has 74 valence electrons. The topological polar surface area (TPSA) is 12.9 Å². The Labute approximate surface area is 85.2 Å². The molecule has 0 spiro atoms. The maximum Gasteiger partial charge on any atom is 0.0797 e. The molecule has 1 aromatic rings. The lowest BCUT2D eigenvalue weighted by atomic mass is 10.0. The average Bonchev–Trinajstić information content (AvgIpc) is 2.66. The summed E-state index contributed by atoms with van der Waals surface area (Å²) in [4.78, 5) is 5.80. The second-order valence-electron chi connectivity index (χ2n) is 3.43. The smallest absolute Gasteiger partial charge is 0.0797 e. The highest BCUT2D eigenvalue weighted by Gasteiger charge is 2.09. The highest BCUT2D eigenvalue weighted by atomic mass is 32.1. The van der Waals surface area contributed by atoms with Crippen molar-refractivity contribution in [3.63, 3.8) is 0 Å². The van der Waals surface area contributed by atoms with Crippen molar-refractivity contribution in [2.75, 3.05) is 0 Å². The van der Waals surface area contributed by atoms with Crippen LogP contribution in [-0.4, -0.2) is 4.98 Å². The van der Waals surface area contributed by atoms with Crippen molar-refractivity contribution in [3.05, 3.63) is 16.1 Å². The Hall–Kier alpha value is -0.370. The summed E-state index contributed by atoms with van der Waals surface area (Å²) >= 11 is 1.81. The lowest BCUT2D eigenvalue weighted by Gasteiger charge is -2.06. The first-order chi connectivity index (χ1) is 6.38. The Morgan fingerprint density at radius 2 is 1.92 bits per heavy atom. The summed E-state index contributed by atoms with van der Waals surface area (Å²) in [7, 11) is 0. The zero-order valence-corrected chi connectivity index (χ0v) is 9.49. The molecule has 1 aliphatic rings. The van der Waals surface area contributed by atoms with Gasteiger partial charge in [0.1, 0.15) is 0 Å². The van der Waals surface area contributed by atoms with Crippen LogP contribution in [0, 0.1) is 0 Å². The predicted octanol–water partition coefficient (Wildman–Crippen LogP) is 3.83. The molecular weight excluding hydrogens is 178 g/mol. The molecular formula is C11H19NS. The van der Waals surface area contributed by atoms with E-state index in [1.807, 2.05) is 16.8 Å². The first kappa shape index (κ1) is 10.7. The van der Waals surface area contributed by atoms with E-state index in [0.29, 0.717) is 0 Å². The molecule has 0 aliphatic heterocycles. The molecule has 0 fully saturated rings. The molecule has 0 unspecified atom stereocenters. The van der Waals surface area contributed by atoms with Crippen LogP contribution in [0.3, 0.4) is 0 Å². The van der Waals surface area contributed by atoms with Gasteiger partial charge in [-0.15, -0.1) is 11.3 Å². The van der Waals surface area contributed by atoms with E-state index in [-0.39, 0.29) is 0 Å². The number of hydrogen-bond donors (Lipinski definition) is 0. The van der Waals surface area contributed by atoms with Crippen LogP contribution in [-0.2, 0) is 12.8 Å². The van der Waals surface area contributed by atoms with Crippen LogP contribution in [0.15, 0.2) is 5.51 Å². The molecule has 0 aromatic carbocycles. The molecule has 1 aromatic heterocycles. The van der Waals surface area contributed by atoms with Crippen molar-refractivity contribution in [1.29, 1.82) is 0 Å². The first-order valence-electron chi connectivity index (χ1n) is 5.29. The maximum absolute atomic E-state index is 4.28. The van der Waals surface area contributed by atoms with Gasteiger partial charge >= 0.3 is 0 Å². The van der Waals surface area contributed by atoms with Crippen molar-refractivity contribution in [2.24, 2.45) is 0 Å². The highest BCUT2D eigenvalue weighted by molar-refractivity contribution is 7.09. The van der Waals surface area contributed by atoms with E-state index in [9.17, 15) is 0 Å². The van der Waals surface area contributed by atoms with Gasteiger partial charge in [0.25, 0.3) is 0 Å². The second-order valence-corrected chi connectivity index (χ2v) is 4.37. The van der Waals surface area contributed by atoms with Gasteiger partial charge in [0.15, 0.2) is 0 Å². The molecule has 0 radical (unpaired) electrons. The fraction of sp³-hybridized carbons (Fsp3) is 0.727. The van der Waals surface area contributed by atoms with E-state index in [1.54, 1.807) is 0 Å². The van der Waals surface area contributed by atoms with E-state index < -0.39 is 0 Å². The monoisotopic (exact) mass is 197 g/mol. The van der Waals surface area contributed by atoms with Gasteiger partial charge in [-0.25, -0.2) is 4.98 Å². The zero-order chi connectivity index (χ0) is 9.52. The van der Waals surface area contributed by atoms with Gasteiger partial charge in [0, 0.05) is 4.88 Å². The molecule has 1 heterocycles. The van der Waals surface area contributed by atoms with Crippen molar-refractivity contribution < 1.29 is 0 Å². The molecule has 0 saturated carbocycles. The third-order valence-electron chi connectivity index (χ3n) is 2.29. The van der Waals surface area contributed by atoms with Crippen molar-refractivity contribution >= 4 is 11.3 Å². The summed E-state index contributed by atoms with van der Waals surface area (Å²) in [5.41, 5.74) is 3.34. The van der Waals surface area contributed by atoms with Crippen molar-refractivity contribution in [1.82, 2.24) is 4.98 Å². The zero-order valence-electron chi connectivity index (χ0n) is 8.68. The molecule has 0 bridgehead atoms. The molecule has 13 heavy (non-hydrogen) atoms. The Bertz CT molecular complexity index is 207. The predicted molar refractivity (Wildman–Crippen MR) is 59.3 cm³/mol. The molecule has 1 aliphatic carbocycles. The van der Waals surface area contributed by atoms with Gasteiger partial charge in [0.05, 0.1) is 11.2 Å². The number of rotatable bonds is 1. The molecule has 2 heteroatoms. The number of nitrogens with zero attached hydrogens (tertiary/aromatic N) is 1. The molecule has 2 rings (SSSR count). The molecule has 0 saturated heterocycles. The number of unbranched alkanes of at least 4 members (excludes halogenated alkanes) is 1. The Kier molecular flexibility index (Phi) is 5.06. The standard InChI is InChI=1S/C7H9NS.C4H10/c1-2-4-7-6(3-1)8-5-9-7;1-3-4-2/h5H,1-4H2;3-4H2,1-2H3. The summed E-state index contributed by atoms with van der Waals surface area (Å²) < 4.78 is 0. The van der Waals surface area contributed by atoms with Crippen molar-refractivity contribution in [3.8, 4) is 0 Å². The summed E-state index contributed by atoms with van der Waals surface area (Å²) in [6, 6.07) is 0. The fourth-order valence-corrected chi connectivity index (χ4v) is 2.14. The molecule has 0 atom stereocenters. The van der Waals surface area contributed by atoms with E-state index in [2.05, 4.69) is 18.8 Å². The van der Waals surface area contributed by atoms with Gasteiger partial charge in [-0.2, -0.15) is 0 Å². The van der Waals surface area contributed by atoms with Crippen molar-refractivity contribution in [2.45, 2.75) is 52.4 Å². The van der Waals surface area contributed by atoms with E-state index in [4.69, 9.17) is 0 Å². The van der Waals surface area contributed by atoms with E-state index in [1.165, 1.54) is 49.1 Å². The van der Waals surface area contributed by atoms with E-state index >= 15 is 0 Å². The van der Waals surface area contributed by atoms with Gasteiger partial charge in [-0.05, 0) is 25.7 Å². The SMILES string of the molecule is CCCC.c1nc2c(s1)CCCC2. The highest BCUT2D eigenvalue weighted by Crippen LogP contribution is 2.22. The van der Waals surface area contributed by atoms with Crippen LogP contribution >= 0.6 is 11.3 Å². The third-order valence-corrected chi connectivity index (χ3v) is 3.23. The number of thiazole rings is 1. The first-order valence-corrected chi connectivity index (χ1v) is 6.17. The summed E-state index contributed by atoms with van der Waals surface area (Å²) in [6.07, 6.45) is 7.85. The lowest BCUT2D eigenvalue weighted by molar-refractivity contribution is 0.682. The average molecular weight is 197 g/mol. The van der Waals surface area contributed by atoms with Gasteiger partial charge in [-0.1, -0.05) is 26.7 Å². The van der Waals surface area contributed by atoms with Crippen LogP contribution in [0.4, 0.5) is 0 Å². The summed E-state index contributed by atoms with van der Waals surface area (Å²) in [6.45, 7) is 4.36. The Balaban J connectivity index is 0.000000184. The normalized spacial score (nSPS) is 14.3. The Morgan fingerprint density at radius 3 is 2.54 bits per heavy atom. The lowest BCUT2D eigenvalue weighted by Crippen LogP contribution is -1.98. The Morgan fingerprint density at radius 1 is 1.23 bits per heavy atom. The number of hydrogen-bond acceptors (Lipinski definition) is 2. The quantitative estimate of drug-likeness (QED) is 0.667. The van der Waals surface area contributed by atoms with Crippen LogP contribution in [0.1, 0.15) is 50.1 Å². The number of aromatic nitrogens is 1. The molecule has 1 nitrogen and oxygen atoms in total. The van der Waals surface area contributed by atoms with Gasteiger partial charge < -0.3 is 0 Å². The minimum absolute atomic E-state index is 1.22. The summed E-state index contributed by atoms with van der Waals surface area (Å²) in [5.74, 6) is 0. The number of fused-ring (bicyclic) bond motifs is 1. The second kappa shape index (κ2) is 6.14. The molecule has 0 N–H and O–H groups in total. The summed E-state index contributed by atoms with van der Waals surface area (Å²) in [5, 5.41) is 0. The van der Waals surface area contributed by atoms with Crippen LogP contribution in [0.25, 0.3) is 0 Å². The van der Waals surface area contributed by atoms with Gasteiger partial charge in [-0.3, -0.25) is 0 Å². The maximum atomic E-state index is 4.28. The van der Waals surface area contributed by atoms with Gasteiger partial charge in [0.2, 0.25) is 0 Å². The largest absolute Gasteiger partial charge is 0.249 e. The minimum Gasteiger partial charge on any atom is -0.249 e. The van der Waals surface area contributed by atoms with Crippen LogP contribution in [0.2, 0.25) is 0 Å². The van der Waals surface area contributed by atoms with E-state index in [0.717, 1.165) is 0 Å². The fourth-order valence-electron chi connectivity index (χ4n) is 1.28. The van der Waals surface area contributed by atoms with Crippen LogP contribution in [0.5, 0.6) is 0 Å². The number of aryl methyl sites for hydroxylation is 2. The third kappa shape index (κ3) is 3.47. The minimum atomic E-state index is 1.22. The molecule has 0 amide bonds.